The third-order valence-corrected chi connectivity index (χ3v) is 4.66. The summed E-state index contributed by atoms with van der Waals surface area (Å²) in [5, 5.41) is 0. The Hall–Kier alpha value is -1.71. The average Bonchev–Trinajstić information content (AvgIpc) is 2.53. The first-order valence-electron chi connectivity index (χ1n) is 8.46. The molecular weight excluding hydrogens is 292 g/mol. The molecule has 0 spiro atoms. The lowest BCUT2D eigenvalue weighted by Gasteiger charge is -2.36. The fourth-order valence-electron chi connectivity index (χ4n) is 3.33. The average molecular weight is 320 g/mol. The Labute approximate surface area is 139 Å². The minimum absolute atomic E-state index is 0.00696. The highest BCUT2D eigenvalue weighted by Crippen LogP contribution is 2.35. The number of ether oxygens (including phenoxy) is 3. The molecule has 1 aliphatic rings. The van der Waals surface area contributed by atoms with E-state index in [4.69, 9.17) is 14.2 Å². The van der Waals surface area contributed by atoms with Crippen LogP contribution in [-0.2, 0) is 9.53 Å². The number of carbonyl (C=O) groups is 1. The van der Waals surface area contributed by atoms with Gasteiger partial charge in [0, 0.05) is 0 Å². The van der Waals surface area contributed by atoms with Gasteiger partial charge in [0.1, 0.15) is 6.10 Å². The molecule has 1 aromatic rings. The SMILES string of the molecule is COc1ccccc1OCC(=O)OC1CC(C)CCC1C(C)C. The molecular formula is C19H28O4. The van der Waals surface area contributed by atoms with Crippen molar-refractivity contribution in [3.63, 3.8) is 0 Å². The second-order valence-corrected chi connectivity index (χ2v) is 6.79. The van der Waals surface area contributed by atoms with Crippen LogP contribution in [0.4, 0.5) is 0 Å². The van der Waals surface area contributed by atoms with Crippen molar-refractivity contribution in [2.45, 2.75) is 46.1 Å². The standard InChI is InChI=1S/C19H28O4/c1-13(2)15-10-9-14(3)11-18(15)23-19(20)12-22-17-8-6-5-7-16(17)21-4/h5-8,13-15,18H,9-12H2,1-4H3. The van der Waals surface area contributed by atoms with Crippen LogP contribution in [0.1, 0.15) is 40.0 Å². The Morgan fingerprint density at radius 1 is 1.22 bits per heavy atom. The topological polar surface area (TPSA) is 44.8 Å². The van der Waals surface area contributed by atoms with Crippen molar-refractivity contribution >= 4 is 5.97 Å². The summed E-state index contributed by atoms with van der Waals surface area (Å²) in [6.45, 7) is 6.54. The number of benzene rings is 1. The Morgan fingerprint density at radius 2 is 1.91 bits per heavy atom. The van der Waals surface area contributed by atoms with Gasteiger partial charge in [-0.1, -0.05) is 39.3 Å². The van der Waals surface area contributed by atoms with E-state index in [-0.39, 0.29) is 18.7 Å². The molecule has 0 saturated heterocycles. The van der Waals surface area contributed by atoms with Gasteiger partial charge in [0.25, 0.3) is 0 Å². The zero-order valence-corrected chi connectivity index (χ0v) is 14.6. The lowest BCUT2D eigenvalue weighted by atomic mass is 9.75. The van der Waals surface area contributed by atoms with Crippen molar-refractivity contribution in [2.24, 2.45) is 17.8 Å². The van der Waals surface area contributed by atoms with E-state index in [9.17, 15) is 4.79 Å². The molecule has 0 heterocycles. The Morgan fingerprint density at radius 3 is 2.57 bits per heavy atom. The molecule has 2 rings (SSSR count). The smallest absolute Gasteiger partial charge is 0.344 e. The molecule has 4 heteroatoms. The van der Waals surface area contributed by atoms with Crippen LogP contribution in [0.15, 0.2) is 24.3 Å². The van der Waals surface area contributed by atoms with Gasteiger partial charge in [0.2, 0.25) is 0 Å². The predicted octanol–water partition coefficient (Wildman–Crippen LogP) is 4.08. The van der Waals surface area contributed by atoms with Gasteiger partial charge in [-0.15, -0.1) is 0 Å². The molecule has 0 amide bonds. The normalized spacial score (nSPS) is 24.3. The van der Waals surface area contributed by atoms with E-state index in [0.29, 0.717) is 29.3 Å². The molecule has 1 saturated carbocycles. The zero-order chi connectivity index (χ0) is 16.8. The number of rotatable bonds is 6. The van der Waals surface area contributed by atoms with E-state index < -0.39 is 0 Å². The second kappa shape index (κ2) is 8.23. The molecule has 1 aliphatic carbocycles. The van der Waals surface area contributed by atoms with Crippen molar-refractivity contribution in [3.8, 4) is 11.5 Å². The van der Waals surface area contributed by atoms with Crippen LogP contribution < -0.4 is 9.47 Å². The van der Waals surface area contributed by atoms with Crippen LogP contribution in [0, 0.1) is 17.8 Å². The molecule has 3 unspecified atom stereocenters. The highest BCUT2D eigenvalue weighted by molar-refractivity contribution is 5.71. The largest absolute Gasteiger partial charge is 0.493 e. The quantitative estimate of drug-likeness (QED) is 0.741. The minimum Gasteiger partial charge on any atom is -0.493 e. The van der Waals surface area contributed by atoms with Crippen LogP contribution >= 0.6 is 0 Å². The molecule has 23 heavy (non-hydrogen) atoms. The molecule has 4 nitrogen and oxygen atoms in total. The van der Waals surface area contributed by atoms with Crippen LogP contribution in [-0.4, -0.2) is 25.8 Å². The van der Waals surface area contributed by atoms with Crippen LogP contribution in [0.5, 0.6) is 11.5 Å². The van der Waals surface area contributed by atoms with Gasteiger partial charge < -0.3 is 14.2 Å². The highest BCUT2D eigenvalue weighted by Gasteiger charge is 2.33. The first-order valence-corrected chi connectivity index (χ1v) is 8.46. The summed E-state index contributed by atoms with van der Waals surface area (Å²) in [6.07, 6.45) is 3.30. The van der Waals surface area contributed by atoms with Crippen LogP contribution in [0.25, 0.3) is 0 Å². The Balaban J connectivity index is 1.90. The third-order valence-electron chi connectivity index (χ3n) is 4.66. The number of hydrogen-bond donors (Lipinski definition) is 0. The Bertz CT molecular complexity index is 512. The summed E-state index contributed by atoms with van der Waals surface area (Å²) in [5.74, 6) is 2.45. The number of carbonyl (C=O) groups excluding carboxylic acids is 1. The highest BCUT2D eigenvalue weighted by atomic mass is 16.6. The molecule has 0 aliphatic heterocycles. The first-order chi connectivity index (χ1) is 11.0. The lowest BCUT2D eigenvalue weighted by Crippen LogP contribution is -2.36. The monoisotopic (exact) mass is 320 g/mol. The van der Waals surface area contributed by atoms with Crippen molar-refractivity contribution in [2.75, 3.05) is 13.7 Å². The van der Waals surface area contributed by atoms with Crippen LogP contribution in [0.2, 0.25) is 0 Å². The molecule has 0 radical (unpaired) electrons. The van der Waals surface area contributed by atoms with E-state index in [0.717, 1.165) is 12.8 Å². The maximum absolute atomic E-state index is 12.2. The van der Waals surface area contributed by atoms with E-state index in [1.54, 1.807) is 19.2 Å². The third kappa shape index (κ3) is 4.88. The van der Waals surface area contributed by atoms with Crippen molar-refractivity contribution in [1.29, 1.82) is 0 Å². The second-order valence-electron chi connectivity index (χ2n) is 6.79. The van der Waals surface area contributed by atoms with Crippen molar-refractivity contribution in [1.82, 2.24) is 0 Å². The molecule has 0 aromatic heterocycles. The van der Waals surface area contributed by atoms with Gasteiger partial charge in [0.15, 0.2) is 18.1 Å². The van der Waals surface area contributed by atoms with Crippen molar-refractivity contribution in [3.05, 3.63) is 24.3 Å². The predicted molar refractivity (Wildman–Crippen MR) is 89.7 cm³/mol. The number of hydrogen-bond acceptors (Lipinski definition) is 4. The van der Waals surface area contributed by atoms with E-state index >= 15 is 0 Å². The fraction of sp³-hybridized carbons (Fsp3) is 0.632. The number of para-hydroxylation sites is 2. The van der Waals surface area contributed by atoms with Gasteiger partial charge in [-0.3, -0.25) is 0 Å². The Kier molecular flexibility index (Phi) is 6.31. The van der Waals surface area contributed by atoms with Gasteiger partial charge >= 0.3 is 5.97 Å². The molecule has 0 bridgehead atoms. The summed E-state index contributed by atoms with van der Waals surface area (Å²) >= 11 is 0. The van der Waals surface area contributed by atoms with E-state index in [1.807, 2.05) is 12.1 Å². The van der Waals surface area contributed by atoms with Gasteiger partial charge in [-0.2, -0.15) is 0 Å². The van der Waals surface area contributed by atoms with Gasteiger partial charge in [-0.25, -0.2) is 4.79 Å². The zero-order valence-electron chi connectivity index (χ0n) is 14.6. The maximum Gasteiger partial charge on any atom is 0.344 e. The molecule has 128 valence electrons. The summed E-state index contributed by atoms with van der Waals surface area (Å²) in [5.41, 5.74) is 0. The maximum atomic E-state index is 12.2. The molecule has 1 aromatic carbocycles. The number of methoxy groups -OCH3 is 1. The molecule has 1 fully saturated rings. The van der Waals surface area contributed by atoms with Crippen LogP contribution in [0.3, 0.4) is 0 Å². The molecule has 0 N–H and O–H groups in total. The summed E-state index contributed by atoms with van der Waals surface area (Å²) in [7, 11) is 1.58. The van der Waals surface area contributed by atoms with Crippen molar-refractivity contribution < 1.29 is 19.0 Å². The van der Waals surface area contributed by atoms with E-state index in [1.165, 1.54) is 6.42 Å². The summed E-state index contributed by atoms with van der Waals surface area (Å²) in [4.78, 5) is 12.2. The molecule has 3 atom stereocenters. The lowest BCUT2D eigenvalue weighted by molar-refractivity contribution is -0.158. The van der Waals surface area contributed by atoms with Gasteiger partial charge in [-0.05, 0) is 42.7 Å². The number of esters is 1. The summed E-state index contributed by atoms with van der Waals surface area (Å²) in [6, 6.07) is 7.30. The first kappa shape index (κ1) is 17.6. The summed E-state index contributed by atoms with van der Waals surface area (Å²) < 4.78 is 16.5. The van der Waals surface area contributed by atoms with Gasteiger partial charge in [0.05, 0.1) is 7.11 Å². The fourth-order valence-corrected chi connectivity index (χ4v) is 3.33. The van der Waals surface area contributed by atoms with E-state index in [2.05, 4.69) is 20.8 Å². The minimum atomic E-state index is -0.305.